The molecule has 0 fully saturated rings. The average Bonchev–Trinajstić information content (AvgIpc) is 2.67. The second-order valence-electron chi connectivity index (χ2n) is 3.03. The molecule has 0 aliphatic heterocycles. The number of amidine groups is 1. The fourth-order valence-corrected chi connectivity index (χ4v) is 1.25. The van der Waals surface area contributed by atoms with Crippen LogP contribution in [-0.2, 0) is 0 Å². The molecule has 0 aliphatic carbocycles. The van der Waals surface area contributed by atoms with E-state index in [2.05, 4.69) is 4.98 Å². The van der Waals surface area contributed by atoms with Crippen molar-refractivity contribution in [2.45, 2.75) is 0 Å². The highest BCUT2D eigenvalue weighted by molar-refractivity contribution is 5.92. The van der Waals surface area contributed by atoms with E-state index in [1.54, 1.807) is 18.2 Å². The lowest BCUT2D eigenvalue weighted by atomic mass is 10.3. The predicted molar refractivity (Wildman–Crippen MR) is 54.5 cm³/mol. The molecule has 5 heteroatoms. The summed E-state index contributed by atoms with van der Waals surface area (Å²) in [4.78, 5) is 3.88. The van der Waals surface area contributed by atoms with Gasteiger partial charge in [0.05, 0.1) is 5.69 Å². The third kappa shape index (κ3) is 1.71. The Bertz CT molecular complexity index is 504. The molecule has 1 heterocycles. The van der Waals surface area contributed by atoms with Gasteiger partial charge in [-0.25, -0.2) is 9.37 Å². The molecular weight excluding hydrogens is 195 g/mol. The van der Waals surface area contributed by atoms with Crippen LogP contribution >= 0.6 is 0 Å². The smallest absolute Gasteiger partial charge is 0.147 e. The number of nitrogens with two attached hydrogens (primary N) is 1. The Morgan fingerprint density at radius 1 is 1.40 bits per heavy atom. The van der Waals surface area contributed by atoms with Gasteiger partial charge in [0.15, 0.2) is 0 Å². The van der Waals surface area contributed by atoms with Gasteiger partial charge >= 0.3 is 0 Å². The van der Waals surface area contributed by atoms with Crippen LogP contribution in [0.25, 0.3) is 5.69 Å². The van der Waals surface area contributed by atoms with Crippen molar-refractivity contribution in [2.75, 3.05) is 0 Å². The van der Waals surface area contributed by atoms with Gasteiger partial charge in [0.2, 0.25) is 0 Å². The Morgan fingerprint density at radius 2 is 2.13 bits per heavy atom. The Morgan fingerprint density at radius 3 is 2.73 bits per heavy atom. The summed E-state index contributed by atoms with van der Waals surface area (Å²) in [6.45, 7) is 0. The first-order chi connectivity index (χ1) is 7.18. The van der Waals surface area contributed by atoms with Crippen LogP contribution in [0.4, 0.5) is 4.39 Å². The molecule has 3 N–H and O–H groups in total. The third-order valence-electron chi connectivity index (χ3n) is 1.99. The van der Waals surface area contributed by atoms with Gasteiger partial charge in [-0.3, -0.25) is 5.41 Å². The van der Waals surface area contributed by atoms with Crippen LogP contribution in [0, 0.1) is 11.2 Å². The van der Waals surface area contributed by atoms with Crippen molar-refractivity contribution in [3.05, 3.63) is 48.3 Å². The van der Waals surface area contributed by atoms with Crippen molar-refractivity contribution in [1.82, 2.24) is 9.55 Å². The van der Waals surface area contributed by atoms with Crippen LogP contribution in [0.15, 0.2) is 36.8 Å². The van der Waals surface area contributed by atoms with Crippen molar-refractivity contribution in [3.8, 4) is 5.69 Å². The maximum atomic E-state index is 13.4. The molecule has 0 aliphatic rings. The lowest BCUT2D eigenvalue weighted by Gasteiger charge is -2.01. The first-order valence-electron chi connectivity index (χ1n) is 4.32. The van der Waals surface area contributed by atoms with Gasteiger partial charge in [-0.2, -0.15) is 0 Å². The minimum Gasteiger partial charge on any atom is -0.382 e. The van der Waals surface area contributed by atoms with Gasteiger partial charge in [-0.05, 0) is 12.1 Å². The largest absolute Gasteiger partial charge is 0.382 e. The lowest BCUT2D eigenvalue weighted by Crippen LogP contribution is -2.11. The zero-order chi connectivity index (χ0) is 10.8. The van der Waals surface area contributed by atoms with Crippen LogP contribution in [0.5, 0.6) is 0 Å². The summed E-state index contributed by atoms with van der Waals surface area (Å²) in [6.07, 6.45) is 2.94. The quantitative estimate of drug-likeness (QED) is 0.571. The molecule has 76 valence electrons. The number of nitrogens with zero attached hydrogens (tertiary/aromatic N) is 2. The van der Waals surface area contributed by atoms with Crippen molar-refractivity contribution < 1.29 is 4.39 Å². The van der Waals surface area contributed by atoms with Gasteiger partial charge in [-0.1, -0.05) is 12.1 Å². The van der Waals surface area contributed by atoms with E-state index in [-0.39, 0.29) is 11.7 Å². The van der Waals surface area contributed by atoms with E-state index in [9.17, 15) is 4.39 Å². The van der Waals surface area contributed by atoms with E-state index in [1.165, 1.54) is 23.2 Å². The summed E-state index contributed by atoms with van der Waals surface area (Å²) in [7, 11) is 0. The number of para-hydroxylation sites is 1. The zero-order valence-corrected chi connectivity index (χ0v) is 7.81. The van der Waals surface area contributed by atoms with Crippen LogP contribution in [0.2, 0.25) is 0 Å². The Kier molecular flexibility index (Phi) is 2.21. The number of rotatable bonds is 2. The normalized spacial score (nSPS) is 10.2. The van der Waals surface area contributed by atoms with Crippen molar-refractivity contribution in [2.24, 2.45) is 5.73 Å². The molecule has 0 unspecified atom stereocenters. The zero-order valence-electron chi connectivity index (χ0n) is 7.81. The second-order valence-corrected chi connectivity index (χ2v) is 3.03. The fraction of sp³-hybridized carbons (Fsp3) is 0. The monoisotopic (exact) mass is 204 g/mol. The van der Waals surface area contributed by atoms with E-state index in [4.69, 9.17) is 11.1 Å². The fourth-order valence-electron chi connectivity index (χ4n) is 1.25. The first kappa shape index (κ1) is 9.39. The van der Waals surface area contributed by atoms with Gasteiger partial charge < -0.3 is 10.3 Å². The van der Waals surface area contributed by atoms with Crippen molar-refractivity contribution >= 4 is 5.84 Å². The van der Waals surface area contributed by atoms with Crippen LogP contribution < -0.4 is 5.73 Å². The maximum absolute atomic E-state index is 13.4. The van der Waals surface area contributed by atoms with Gasteiger partial charge in [0.25, 0.3) is 0 Å². The summed E-state index contributed by atoms with van der Waals surface area (Å²) in [6, 6.07) is 6.33. The molecule has 0 saturated carbocycles. The number of nitrogen functional groups attached to an aromatic ring is 1. The second kappa shape index (κ2) is 3.53. The standard InChI is InChI=1S/C10H9FN4/c11-7-3-1-2-4-9(7)15-5-8(10(12)13)14-6-15/h1-6H,(H3,12,13). The van der Waals surface area contributed by atoms with Crippen LogP contribution in [0.1, 0.15) is 5.69 Å². The molecule has 0 bridgehead atoms. The first-order valence-corrected chi connectivity index (χ1v) is 4.32. The molecule has 2 rings (SSSR count). The molecule has 15 heavy (non-hydrogen) atoms. The predicted octanol–water partition coefficient (Wildman–Crippen LogP) is 1.30. The number of hydrogen-bond donors (Lipinski definition) is 2. The molecule has 0 radical (unpaired) electrons. The van der Waals surface area contributed by atoms with Crippen LogP contribution in [-0.4, -0.2) is 15.4 Å². The molecule has 0 spiro atoms. The number of imidazole rings is 1. The van der Waals surface area contributed by atoms with Gasteiger partial charge in [0, 0.05) is 6.20 Å². The molecule has 0 atom stereocenters. The highest BCUT2D eigenvalue weighted by Gasteiger charge is 2.06. The van der Waals surface area contributed by atoms with Gasteiger partial charge in [-0.15, -0.1) is 0 Å². The minimum absolute atomic E-state index is 0.134. The van der Waals surface area contributed by atoms with E-state index >= 15 is 0 Å². The molecule has 4 nitrogen and oxygen atoms in total. The van der Waals surface area contributed by atoms with Crippen molar-refractivity contribution in [3.63, 3.8) is 0 Å². The maximum Gasteiger partial charge on any atom is 0.147 e. The number of hydrogen-bond acceptors (Lipinski definition) is 2. The number of nitrogens with one attached hydrogen (secondary N) is 1. The molecule has 0 saturated heterocycles. The number of halogens is 1. The Balaban J connectivity index is 2.46. The molecule has 0 amide bonds. The molecule has 2 aromatic rings. The average molecular weight is 204 g/mol. The lowest BCUT2D eigenvalue weighted by molar-refractivity contribution is 0.618. The third-order valence-corrected chi connectivity index (χ3v) is 1.99. The summed E-state index contributed by atoms with van der Waals surface area (Å²) < 4.78 is 14.8. The number of aromatic nitrogens is 2. The minimum atomic E-state index is -0.343. The van der Waals surface area contributed by atoms with E-state index in [0.717, 1.165) is 0 Å². The topological polar surface area (TPSA) is 67.7 Å². The summed E-state index contributed by atoms with van der Waals surface area (Å²) in [5.74, 6) is -0.477. The molecule has 1 aromatic heterocycles. The van der Waals surface area contributed by atoms with E-state index < -0.39 is 0 Å². The highest BCUT2D eigenvalue weighted by Crippen LogP contribution is 2.12. The van der Waals surface area contributed by atoms with Crippen LogP contribution in [0.3, 0.4) is 0 Å². The SMILES string of the molecule is N=C(N)c1cn(-c2ccccc2F)cn1. The van der Waals surface area contributed by atoms with Gasteiger partial charge in [0.1, 0.15) is 23.7 Å². The summed E-state index contributed by atoms with van der Waals surface area (Å²) >= 11 is 0. The Labute approximate surface area is 85.7 Å². The summed E-state index contributed by atoms with van der Waals surface area (Å²) in [5, 5.41) is 7.17. The van der Waals surface area contributed by atoms with E-state index in [0.29, 0.717) is 11.4 Å². The molecular formula is C10H9FN4. The Hall–Kier alpha value is -2.17. The number of benzene rings is 1. The molecule has 1 aromatic carbocycles. The van der Waals surface area contributed by atoms with Crippen molar-refractivity contribution in [1.29, 1.82) is 5.41 Å². The summed E-state index contributed by atoms with van der Waals surface area (Å²) in [5.41, 5.74) is 5.98. The van der Waals surface area contributed by atoms with E-state index in [1.807, 2.05) is 0 Å². The highest BCUT2D eigenvalue weighted by atomic mass is 19.1.